The SMILES string of the molecule is CCCCCCCCCCCCCCCCCCCC(=O)O[C@H](COC(=O)CCCCCCCCCCCCCC)COP(=O)(O)OC[C@@H](O)COP(=O)(O)OC[C@@H](COC(=O)CCCCCCCCC)OC(=O)CCCCCCCCCCC(C)C. The molecule has 19 heteroatoms. The van der Waals surface area contributed by atoms with Crippen molar-refractivity contribution in [2.75, 3.05) is 39.6 Å². The van der Waals surface area contributed by atoms with E-state index in [1.807, 2.05) is 0 Å². The van der Waals surface area contributed by atoms with Crippen LogP contribution in [0.4, 0.5) is 0 Å². The van der Waals surface area contributed by atoms with Crippen LogP contribution in [0.5, 0.6) is 0 Å². The topological polar surface area (TPSA) is 237 Å². The summed E-state index contributed by atoms with van der Waals surface area (Å²) < 4.78 is 68.1. The molecule has 0 heterocycles. The Bertz CT molecular complexity index is 1690. The van der Waals surface area contributed by atoms with Crippen molar-refractivity contribution in [3.05, 3.63) is 0 Å². The molecule has 0 aliphatic rings. The van der Waals surface area contributed by atoms with Crippen LogP contribution >= 0.6 is 15.6 Å². The van der Waals surface area contributed by atoms with E-state index >= 15 is 0 Å². The average Bonchev–Trinajstić information content (AvgIpc) is 3.69. The molecule has 0 aromatic rings. The molecular weight excluding hydrogens is 1150 g/mol. The summed E-state index contributed by atoms with van der Waals surface area (Å²) in [7, 11) is -9.89. The molecule has 0 saturated heterocycles. The minimum atomic E-state index is -4.95. The van der Waals surface area contributed by atoms with Gasteiger partial charge < -0.3 is 33.8 Å². The highest BCUT2D eigenvalue weighted by molar-refractivity contribution is 7.47. The molecule has 0 aliphatic heterocycles. The van der Waals surface area contributed by atoms with Gasteiger partial charge in [-0.05, 0) is 31.6 Å². The van der Waals surface area contributed by atoms with Gasteiger partial charge in [0.15, 0.2) is 12.2 Å². The van der Waals surface area contributed by atoms with Crippen molar-refractivity contribution in [3.63, 3.8) is 0 Å². The number of esters is 4. The summed E-state index contributed by atoms with van der Waals surface area (Å²) in [5, 5.41) is 10.6. The van der Waals surface area contributed by atoms with Gasteiger partial charge in [0, 0.05) is 25.7 Å². The Morgan fingerprint density at radius 1 is 0.310 bits per heavy atom. The summed E-state index contributed by atoms with van der Waals surface area (Å²) >= 11 is 0. The van der Waals surface area contributed by atoms with E-state index < -0.39 is 97.5 Å². The highest BCUT2D eigenvalue weighted by Crippen LogP contribution is 2.45. The van der Waals surface area contributed by atoms with Gasteiger partial charge in [0.1, 0.15) is 19.3 Å². The molecule has 0 fully saturated rings. The Kier molecular flexibility index (Phi) is 60.2. The number of phosphoric acid groups is 2. The van der Waals surface area contributed by atoms with Gasteiger partial charge in [-0.1, -0.05) is 298 Å². The average molecular weight is 1280 g/mol. The standard InChI is InChI=1S/C68H132O17P2/c1-6-9-12-15-18-20-22-24-25-26-27-28-30-32-38-43-48-53-67(72)84-64(58-79-66(71)52-47-42-37-31-29-23-21-19-16-13-10-7-2)60-83-87(76,77)81-56-62(69)55-80-86(74,75)82-59-63(57-78-65(70)51-46-41-35-17-14-11-8-3)85-68(73)54-49-44-39-34-33-36-40-45-50-61(4)5/h61-64,69H,6-60H2,1-5H3,(H,74,75)(H,76,77)/t62-,63+,64+/m0/s1. The zero-order chi connectivity index (χ0) is 64.2. The fourth-order valence-corrected chi connectivity index (χ4v) is 11.9. The lowest BCUT2D eigenvalue weighted by molar-refractivity contribution is -0.161. The van der Waals surface area contributed by atoms with E-state index in [9.17, 15) is 43.2 Å². The lowest BCUT2D eigenvalue weighted by Crippen LogP contribution is -2.30. The fourth-order valence-electron chi connectivity index (χ4n) is 10.3. The van der Waals surface area contributed by atoms with Crippen LogP contribution in [0.3, 0.4) is 0 Å². The Hall–Kier alpha value is -1.94. The minimum Gasteiger partial charge on any atom is -0.462 e. The van der Waals surface area contributed by atoms with Crippen LogP contribution in [0, 0.1) is 5.92 Å². The Morgan fingerprint density at radius 2 is 0.529 bits per heavy atom. The van der Waals surface area contributed by atoms with Crippen LogP contribution < -0.4 is 0 Å². The second-order valence-electron chi connectivity index (χ2n) is 25.0. The molecule has 87 heavy (non-hydrogen) atoms. The van der Waals surface area contributed by atoms with Gasteiger partial charge in [-0.2, -0.15) is 0 Å². The first-order valence-electron chi connectivity index (χ1n) is 35.6. The van der Waals surface area contributed by atoms with Crippen molar-refractivity contribution in [2.24, 2.45) is 5.92 Å². The summed E-state index contributed by atoms with van der Waals surface area (Å²) in [6.07, 6.45) is 47.3. The third-order valence-electron chi connectivity index (χ3n) is 15.8. The Labute approximate surface area is 530 Å². The zero-order valence-electron chi connectivity index (χ0n) is 56.2. The first kappa shape index (κ1) is 85.1. The van der Waals surface area contributed by atoms with E-state index in [2.05, 4.69) is 34.6 Å². The molecule has 3 N–H and O–H groups in total. The van der Waals surface area contributed by atoms with Gasteiger partial charge in [0.2, 0.25) is 0 Å². The number of hydrogen-bond acceptors (Lipinski definition) is 15. The molecule has 5 atom stereocenters. The number of hydrogen-bond donors (Lipinski definition) is 3. The molecule has 0 radical (unpaired) electrons. The molecule has 0 aromatic carbocycles. The molecule has 0 saturated carbocycles. The number of carbonyl (C=O) groups excluding carboxylic acids is 4. The molecule has 516 valence electrons. The highest BCUT2D eigenvalue weighted by atomic mass is 31.2. The number of ether oxygens (including phenoxy) is 4. The van der Waals surface area contributed by atoms with E-state index in [-0.39, 0.29) is 25.7 Å². The van der Waals surface area contributed by atoms with Crippen LogP contribution in [0.1, 0.15) is 349 Å². The molecule has 0 aromatic heterocycles. The van der Waals surface area contributed by atoms with Gasteiger partial charge in [-0.15, -0.1) is 0 Å². The van der Waals surface area contributed by atoms with Crippen molar-refractivity contribution in [2.45, 2.75) is 368 Å². The highest BCUT2D eigenvalue weighted by Gasteiger charge is 2.30. The summed E-state index contributed by atoms with van der Waals surface area (Å²) in [6.45, 7) is 7.15. The molecule has 0 amide bonds. The molecule has 0 spiro atoms. The van der Waals surface area contributed by atoms with Crippen LogP contribution in [0.25, 0.3) is 0 Å². The van der Waals surface area contributed by atoms with Gasteiger partial charge in [-0.25, -0.2) is 9.13 Å². The smallest absolute Gasteiger partial charge is 0.462 e. The summed E-state index contributed by atoms with van der Waals surface area (Å²) in [4.78, 5) is 72.3. The third kappa shape index (κ3) is 62.6. The van der Waals surface area contributed by atoms with Gasteiger partial charge in [-0.3, -0.25) is 37.3 Å². The van der Waals surface area contributed by atoms with Gasteiger partial charge in [0.05, 0.1) is 26.4 Å². The summed E-state index contributed by atoms with van der Waals surface area (Å²) in [5.74, 6) is -1.41. The maximum Gasteiger partial charge on any atom is 0.472 e. The lowest BCUT2D eigenvalue weighted by Gasteiger charge is -2.21. The van der Waals surface area contributed by atoms with Crippen LogP contribution in [-0.2, 0) is 65.4 Å². The molecular formula is C68H132O17P2. The number of aliphatic hydroxyl groups excluding tert-OH is 1. The molecule has 0 rings (SSSR count). The molecule has 0 bridgehead atoms. The first-order chi connectivity index (χ1) is 42.0. The molecule has 2 unspecified atom stereocenters. The van der Waals surface area contributed by atoms with Crippen molar-refractivity contribution in [1.82, 2.24) is 0 Å². The number of phosphoric ester groups is 2. The van der Waals surface area contributed by atoms with Gasteiger partial charge >= 0.3 is 39.5 Å². The summed E-state index contributed by atoms with van der Waals surface area (Å²) in [5.41, 5.74) is 0. The maximum absolute atomic E-state index is 13.0. The normalized spacial score (nSPS) is 14.1. The first-order valence-corrected chi connectivity index (χ1v) is 38.6. The third-order valence-corrected chi connectivity index (χ3v) is 17.7. The van der Waals surface area contributed by atoms with E-state index in [1.54, 1.807) is 0 Å². The number of aliphatic hydroxyl groups is 1. The zero-order valence-corrected chi connectivity index (χ0v) is 57.9. The molecule has 0 aliphatic carbocycles. The van der Waals surface area contributed by atoms with Crippen molar-refractivity contribution in [1.29, 1.82) is 0 Å². The molecule has 17 nitrogen and oxygen atoms in total. The van der Waals surface area contributed by atoms with Crippen molar-refractivity contribution in [3.8, 4) is 0 Å². The van der Waals surface area contributed by atoms with Crippen molar-refractivity contribution >= 4 is 39.5 Å². The van der Waals surface area contributed by atoms with E-state index in [4.69, 9.17) is 37.0 Å². The predicted molar refractivity (Wildman–Crippen MR) is 349 cm³/mol. The Balaban J connectivity index is 5.19. The van der Waals surface area contributed by atoms with Gasteiger partial charge in [0.25, 0.3) is 0 Å². The van der Waals surface area contributed by atoms with Crippen LogP contribution in [0.2, 0.25) is 0 Å². The number of unbranched alkanes of at least 4 members (excludes halogenated alkanes) is 40. The van der Waals surface area contributed by atoms with E-state index in [1.165, 1.54) is 161 Å². The second kappa shape index (κ2) is 61.6. The van der Waals surface area contributed by atoms with E-state index in [0.29, 0.717) is 25.7 Å². The Morgan fingerprint density at radius 3 is 0.782 bits per heavy atom. The second-order valence-corrected chi connectivity index (χ2v) is 27.9. The fraction of sp³-hybridized carbons (Fsp3) is 0.941. The van der Waals surface area contributed by atoms with Crippen LogP contribution in [-0.4, -0.2) is 96.7 Å². The quantitative estimate of drug-likeness (QED) is 0.0222. The monoisotopic (exact) mass is 1280 g/mol. The van der Waals surface area contributed by atoms with E-state index in [0.717, 1.165) is 109 Å². The summed E-state index contributed by atoms with van der Waals surface area (Å²) in [6, 6.07) is 0. The maximum atomic E-state index is 13.0. The van der Waals surface area contributed by atoms with Crippen LogP contribution in [0.15, 0.2) is 0 Å². The number of rotatable bonds is 68. The number of carbonyl (C=O) groups is 4. The predicted octanol–water partition coefficient (Wildman–Crippen LogP) is 19.4. The van der Waals surface area contributed by atoms with Crippen molar-refractivity contribution < 1.29 is 80.2 Å². The largest absolute Gasteiger partial charge is 0.472 e. The lowest BCUT2D eigenvalue weighted by atomic mass is 10.0. The minimum absolute atomic E-state index is 0.104.